The van der Waals surface area contributed by atoms with E-state index in [1.807, 2.05) is 19.2 Å². The maximum Gasteiger partial charge on any atom is 0.226 e. The van der Waals surface area contributed by atoms with Crippen LogP contribution in [0.25, 0.3) is 11.0 Å². The molecule has 0 spiro atoms. The molecule has 0 radical (unpaired) electrons. The first-order valence-electron chi connectivity index (χ1n) is 9.20. The van der Waals surface area contributed by atoms with Crippen molar-refractivity contribution < 1.29 is 4.79 Å². The molecule has 3 aromatic rings. The lowest BCUT2D eigenvalue weighted by molar-refractivity contribution is -0.129. The number of pyridine rings is 1. The summed E-state index contributed by atoms with van der Waals surface area (Å²) < 4.78 is 2.19. The highest BCUT2D eigenvalue weighted by atomic mass is 16.2. The predicted octanol–water partition coefficient (Wildman–Crippen LogP) is 3.09. The third-order valence-corrected chi connectivity index (χ3v) is 5.19. The van der Waals surface area contributed by atoms with Crippen LogP contribution in [-0.2, 0) is 24.7 Å². The number of rotatable bonds is 6. The average molecular weight is 348 g/mol. The van der Waals surface area contributed by atoms with Crippen LogP contribution >= 0.6 is 0 Å². The summed E-state index contributed by atoms with van der Waals surface area (Å²) in [7, 11) is 3.95. The number of aryl methyl sites for hydroxylation is 1. The van der Waals surface area contributed by atoms with E-state index in [9.17, 15) is 4.79 Å². The number of likely N-dealkylation sites (N-methyl/N-ethyl adjacent to an activating group) is 1. The second-order valence-electron chi connectivity index (χ2n) is 7.22. The second kappa shape index (κ2) is 6.90. The molecule has 0 atom stereocenters. The number of amides is 1. The average Bonchev–Trinajstić information content (AvgIpc) is 3.45. The number of carbonyl (C=O) groups excluding carboxylic acids is 1. The molecule has 5 heteroatoms. The van der Waals surface area contributed by atoms with Crippen molar-refractivity contribution in [3.05, 3.63) is 59.7 Å². The van der Waals surface area contributed by atoms with Crippen molar-refractivity contribution in [1.29, 1.82) is 0 Å². The molecule has 0 unspecified atom stereocenters. The summed E-state index contributed by atoms with van der Waals surface area (Å²) in [6, 6.07) is 10.2. The number of hydrogen-bond acceptors (Lipinski definition) is 3. The van der Waals surface area contributed by atoms with Gasteiger partial charge in [0, 0.05) is 39.0 Å². The monoisotopic (exact) mass is 348 g/mol. The van der Waals surface area contributed by atoms with Gasteiger partial charge in [0.15, 0.2) is 0 Å². The summed E-state index contributed by atoms with van der Waals surface area (Å²) in [5.74, 6) is 1.94. The highest BCUT2D eigenvalue weighted by Crippen LogP contribution is 2.40. The Labute approximate surface area is 153 Å². The molecule has 0 N–H and O–H groups in total. The van der Waals surface area contributed by atoms with Crippen LogP contribution in [-0.4, -0.2) is 38.9 Å². The fraction of sp³-hybridized carbons (Fsp3) is 0.381. The van der Waals surface area contributed by atoms with Gasteiger partial charge in [0.2, 0.25) is 5.91 Å². The van der Waals surface area contributed by atoms with Crippen LogP contribution < -0.4 is 0 Å². The van der Waals surface area contributed by atoms with Crippen molar-refractivity contribution >= 4 is 16.9 Å². The molecule has 0 aliphatic heterocycles. The smallest absolute Gasteiger partial charge is 0.226 e. The second-order valence-corrected chi connectivity index (χ2v) is 7.22. The first-order valence-corrected chi connectivity index (χ1v) is 9.20. The zero-order valence-electron chi connectivity index (χ0n) is 15.4. The minimum absolute atomic E-state index is 0.136. The summed E-state index contributed by atoms with van der Waals surface area (Å²) in [6.45, 7) is 0.709. The van der Waals surface area contributed by atoms with E-state index in [0.717, 1.165) is 23.0 Å². The molecule has 1 aliphatic rings. The van der Waals surface area contributed by atoms with E-state index in [1.54, 1.807) is 17.3 Å². The lowest BCUT2D eigenvalue weighted by Gasteiger charge is -2.17. The Balaban J connectivity index is 1.41. The van der Waals surface area contributed by atoms with Gasteiger partial charge in [-0.3, -0.25) is 9.78 Å². The van der Waals surface area contributed by atoms with E-state index >= 15 is 0 Å². The lowest BCUT2D eigenvalue weighted by atomic mass is 10.1. The van der Waals surface area contributed by atoms with Crippen molar-refractivity contribution in [2.45, 2.75) is 31.6 Å². The van der Waals surface area contributed by atoms with Gasteiger partial charge in [-0.1, -0.05) is 6.07 Å². The van der Waals surface area contributed by atoms with Gasteiger partial charge in [0.05, 0.1) is 17.5 Å². The molecule has 134 valence electrons. The first kappa shape index (κ1) is 16.8. The van der Waals surface area contributed by atoms with Gasteiger partial charge in [0.25, 0.3) is 0 Å². The molecule has 1 fully saturated rings. The predicted molar refractivity (Wildman–Crippen MR) is 102 cm³/mol. The third-order valence-electron chi connectivity index (χ3n) is 5.19. The van der Waals surface area contributed by atoms with E-state index < -0.39 is 0 Å². The molecule has 1 aliphatic carbocycles. The molecule has 26 heavy (non-hydrogen) atoms. The van der Waals surface area contributed by atoms with Gasteiger partial charge in [-0.2, -0.15) is 0 Å². The molecule has 1 saturated carbocycles. The quantitative estimate of drug-likeness (QED) is 0.688. The van der Waals surface area contributed by atoms with Crippen molar-refractivity contribution in [3.8, 4) is 0 Å². The van der Waals surface area contributed by atoms with Crippen LogP contribution in [0.4, 0.5) is 0 Å². The highest BCUT2D eigenvalue weighted by Gasteiger charge is 2.28. The summed E-state index contributed by atoms with van der Waals surface area (Å²) in [6.07, 6.45) is 7.31. The van der Waals surface area contributed by atoms with Crippen molar-refractivity contribution in [2.75, 3.05) is 13.6 Å². The topological polar surface area (TPSA) is 51.0 Å². The van der Waals surface area contributed by atoms with Gasteiger partial charge >= 0.3 is 0 Å². The molecular weight excluding hydrogens is 324 g/mol. The Morgan fingerprint density at radius 3 is 2.69 bits per heavy atom. The molecular formula is C21H24N4O. The Morgan fingerprint density at radius 1 is 1.19 bits per heavy atom. The van der Waals surface area contributed by atoms with E-state index in [-0.39, 0.29) is 5.91 Å². The lowest BCUT2D eigenvalue weighted by Crippen LogP contribution is -2.30. The SMILES string of the molecule is CN(CCc1ccncc1)C(=O)Cc1ccc2c(c1)nc(C1CC1)n2C. The number of fused-ring (bicyclic) bond motifs is 1. The number of imidazole rings is 1. The molecule has 0 bridgehead atoms. The van der Waals surface area contributed by atoms with Crippen molar-refractivity contribution in [2.24, 2.45) is 7.05 Å². The molecule has 4 rings (SSSR count). The number of hydrogen-bond donors (Lipinski definition) is 0. The Bertz CT molecular complexity index is 928. The van der Waals surface area contributed by atoms with E-state index in [0.29, 0.717) is 18.9 Å². The van der Waals surface area contributed by atoms with Crippen LogP contribution in [0.15, 0.2) is 42.7 Å². The zero-order valence-corrected chi connectivity index (χ0v) is 15.4. The third kappa shape index (κ3) is 3.47. The molecule has 2 aromatic heterocycles. The Kier molecular flexibility index (Phi) is 4.45. The van der Waals surface area contributed by atoms with Gasteiger partial charge in [-0.15, -0.1) is 0 Å². The van der Waals surface area contributed by atoms with Crippen LogP contribution in [0.1, 0.15) is 35.7 Å². The van der Waals surface area contributed by atoms with Crippen molar-refractivity contribution in [1.82, 2.24) is 19.4 Å². The van der Waals surface area contributed by atoms with Crippen LogP contribution in [0, 0.1) is 0 Å². The number of aromatic nitrogens is 3. The fourth-order valence-electron chi connectivity index (χ4n) is 3.36. The highest BCUT2D eigenvalue weighted by molar-refractivity contribution is 5.82. The van der Waals surface area contributed by atoms with E-state index in [1.165, 1.54) is 24.2 Å². The minimum atomic E-state index is 0.136. The van der Waals surface area contributed by atoms with Crippen LogP contribution in [0.2, 0.25) is 0 Å². The van der Waals surface area contributed by atoms with E-state index in [4.69, 9.17) is 4.98 Å². The van der Waals surface area contributed by atoms with E-state index in [2.05, 4.69) is 34.8 Å². The van der Waals surface area contributed by atoms with Gasteiger partial charge in [-0.25, -0.2) is 4.98 Å². The maximum absolute atomic E-state index is 12.5. The normalized spacial score (nSPS) is 13.9. The molecule has 2 heterocycles. The van der Waals surface area contributed by atoms with Gasteiger partial charge in [-0.05, 0) is 54.7 Å². The van der Waals surface area contributed by atoms with Crippen LogP contribution in [0.3, 0.4) is 0 Å². The fourth-order valence-corrected chi connectivity index (χ4v) is 3.36. The van der Waals surface area contributed by atoms with Gasteiger partial charge in [0.1, 0.15) is 5.82 Å². The Morgan fingerprint density at radius 2 is 1.96 bits per heavy atom. The largest absolute Gasteiger partial charge is 0.345 e. The minimum Gasteiger partial charge on any atom is -0.345 e. The maximum atomic E-state index is 12.5. The summed E-state index contributed by atoms with van der Waals surface area (Å²) >= 11 is 0. The first-order chi connectivity index (χ1) is 12.6. The summed E-state index contributed by atoms with van der Waals surface area (Å²) in [5.41, 5.74) is 4.37. The molecule has 5 nitrogen and oxygen atoms in total. The zero-order chi connectivity index (χ0) is 18.1. The number of nitrogens with zero attached hydrogens (tertiary/aromatic N) is 4. The summed E-state index contributed by atoms with van der Waals surface area (Å²) in [4.78, 5) is 23.2. The number of benzene rings is 1. The van der Waals surface area contributed by atoms with Crippen LogP contribution in [0.5, 0.6) is 0 Å². The summed E-state index contributed by atoms with van der Waals surface area (Å²) in [5, 5.41) is 0. The molecule has 1 amide bonds. The van der Waals surface area contributed by atoms with Crippen molar-refractivity contribution in [3.63, 3.8) is 0 Å². The molecule has 1 aromatic carbocycles. The standard InChI is InChI=1S/C21H24N4O/c1-24(12-9-15-7-10-22-11-8-15)20(26)14-16-3-6-19-18(13-16)23-21(25(19)2)17-4-5-17/h3,6-8,10-11,13,17H,4-5,9,12,14H2,1-2H3. The number of carbonyl (C=O) groups is 1. The van der Waals surface area contributed by atoms with Gasteiger partial charge < -0.3 is 9.47 Å². The molecule has 0 saturated heterocycles. The Hall–Kier alpha value is -2.69.